The van der Waals surface area contributed by atoms with Gasteiger partial charge >= 0.3 is 0 Å². The zero-order chi connectivity index (χ0) is 14.5. The van der Waals surface area contributed by atoms with Gasteiger partial charge in [-0.25, -0.2) is 0 Å². The van der Waals surface area contributed by atoms with E-state index in [0.29, 0.717) is 6.04 Å². The van der Waals surface area contributed by atoms with Crippen molar-refractivity contribution in [2.75, 3.05) is 5.32 Å². The minimum Gasteiger partial charge on any atom is -0.380 e. The second-order valence-corrected chi connectivity index (χ2v) is 6.18. The van der Waals surface area contributed by atoms with E-state index in [9.17, 15) is 0 Å². The van der Waals surface area contributed by atoms with Gasteiger partial charge in [0, 0.05) is 12.2 Å². The van der Waals surface area contributed by atoms with E-state index < -0.39 is 0 Å². The van der Waals surface area contributed by atoms with E-state index in [2.05, 4.69) is 47.8 Å². The van der Waals surface area contributed by atoms with Crippen LogP contribution in [0.5, 0.6) is 0 Å². The SMILES string of the molecule is CCC1CCC(Nc2cnn(Cc3ccccc3)c2)CC1. The van der Waals surface area contributed by atoms with Crippen molar-refractivity contribution in [3.8, 4) is 0 Å². The molecule has 3 rings (SSSR count). The molecule has 1 heterocycles. The highest BCUT2D eigenvalue weighted by Crippen LogP contribution is 2.28. The third-order valence-electron chi connectivity index (χ3n) is 4.62. The lowest BCUT2D eigenvalue weighted by molar-refractivity contribution is 0.330. The molecule has 112 valence electrons. The quantitative estimate of drug-likeness (QED) is 0.886. The van der Waals surface area contributed by atoms with Gasteiger partial charge in [-0.1, -0.05) is 43.7 Å². The zero-order valence-corrected chi connectivity index (χ0v) is 12.8. The molecule has 3 nitrogen and oxygen atoms in total. The summed E-state index contributed by atoms with van der Waals surface area (Å²) in [5.74, 6) is 0.948. The third-order valence-corrected chi connectivity index (χ3v) is 4.62. The summed E-state index contributed by atoms with van der Waals surface area (Å²) < 4.78 is 2.01. The number of hydrogen-bond acceptors (Lipinski definition) is 2. The topological polar surface area (TPSA) is 29.9 Å². The van der Waals surface area contributed by atoms with Gasteiger partial charge in [0.2, 0.25) is 0 Å². The average molecular weight is 283 g/mol. The number of aromatic nitrogens is 2. The van der Waals surface area contributed by atoms with Crippen molar-refractivity contribution < 1.29 is 0 Å². The molecule has 0 spiro atoms. The molecule has 1 aliphatic carbocycles. The highest BCUT2D eigenvalue weighted by atomic mass is 15.3. The van der Waals surface area contributed by atoms with E-state index in [4.69, 9.17) is 0 Å². The van der Waals surface area contributed by atoms with E-state index in [0.717, 1.165) is 18.2 Å². The van der Waals surface area contributed by atoms with Crippen LogP contribution in [0, 0.1) is 5.92 Å². The summed E-state index contributed by atoms with van der Waals surface area (Å²) in [6.45, 7) is 3.15. The molecule has 1 aromatic heterocycles. The summed E-state index contributed by atoms with van der Waals surface area (Å²) in [7, 11) is 0. The van der Waals surface area contributed by atoms with Gasteiger partial charge in [-0.2, -0.15) is 5.10 Å². The van der Waals surface area contributed by atoms with Crippen molar-refractivity contribution in [1.29, 1.82) is 0 Å². The third kappa shape index (κ3) is 3.87. The number of nitrogens with zero attached hydrogens (tertiary/aromatic N) is 2. The van der Waals surface area contributed by atoms with Gasteiger partial charge in [-0.15, -0.1) is 0 Å². The Bertz CT molecular complexity index is 539. The van der Waals surface area contributed by atoms with E-state index in [1.165, 1.54) is 37.7 Å². The number of rotatable bonds is 5. The molecule has 1 fully saturated rings. The average Bonchev–Trinajstić information content (AvgIpc) is 2.96. The van der Waals surface area contributed by atoms with Crippen molar-refractivity contribution in [1.82, 2.24) is 9.78 Å². The first-order valence-electron chi connectivity index (χ1n) is 8.16. The van der Waals surface area contributed by atoms with Crippen molar-refractivity contribution in [3.05, 3.63) is 48.3 Å². The second kappa shape index (κ2) is 6.79. The van der Waals surface area contributed by atoms with Crippen LogP contribution in [-0.2, 0) is 6.54 Å². The second-order valence-electron chi connectivity index (χ2n) is 6.18. The Kier molecular flexibility index (Phi) is 4.59. The Morgan fingerprint density at radius 1 is 1.14 bits per heavy atom. The largest absolute Gasteiger partial charge is 0.380 e. The molecule has 0 bridgehead atoms. The summed E-state index contributed by atoms with van der Waals surface area (Å²) >= 11 is 0. The summed E-state index contributed by atoms with van der Waals surface area (Å²) in [4.78, 5) is 0. The Morgan fingerprint density at radius 3 is 2.62 bits per heavy atom. The highest BCUT2D eigenvalue weighted by Gasteiger charge is 2.19. The van der Waals surface area contributed by atoms with E-state index >= 15 is 0 Å². The molecule has 21 heavy (non-hydrogen) atoms. The number of nitrogens with one attached hydrogen (secondary N) is 1. The smallest absolute Gasteiger partial charge is 0.0728 e. The molecule has 0 saturated heterocycles. The maximum Gasteiger partial charge on any atom is 0.0728 e. The normalized spacial score (nSPS) is 22.1. The Labute approximate surface area is 127 Å². The first-order valence-corrected chi connectivity index (χ1v) is 8.16. The first-order chi connectivity index (χ1) is 10.3. The van der Waals surface area contributed by atoms with E-state index in [-0.39, 0.29) is 0 Å². The molecule has 3 heteroatoms. The molecule has 0 unspecified atom stereocenters. The molecule has 0 amide bonds. The summed E-state index contributed by atoms with van der Waals surface area (Å²) in [5.41, 5.74) is 2.45. The van der Waals surface area contributed by atoms with Crippen molar-refractivity contribution in [3.63, 3.8) is 0 Å². The van der Waals surface area contributed by atoms with Crippen LogP contribution in [0.25, 0.3) is 0 Å². The fourth-order valence-corrected chi connectivity index (χ4v) is 3.25. The van der Waals surface area contributed by atoms with Gasteiger partial charge in [-0.3, -0.25) is 4.68 Å². The van der Waals surface area contributed by atoms with Gasteiger partial charge in [0.25, 0.3) is 0 Å². The zero-order valence-electron chi connectivity index (χ0n) is 12.8. The lowest BCUT2D eigenvalue weighted by Crippen LogP contribution is -2.25. The Morgan fingerprint density at radius 2 is 1.90 bits per heavy atom. The lowest BCUT2D eigenvalue weighted by atomic mass is 9.84. The van der Waals surface area contributed by atoms with Crippen LogP contribution in [0.2, 0.25) is 0 Å². The molecule has 0 aliphatic heterocycles. The minimum absolute atomic E-state index is 0.627. The number of benzene rings is 1. The number of anilines is 1. The molecular formula is C18H25N3. The molecule has 0 atom stereocenters. The summed E-state index contributed by atoms with van der Waals surface area (Å²) in [6.07, 6.45) is 10.7. The molecule has 2 aromatic rings. The maximum atomic E-state index is 4.46. The fraction of sp³-hybridized carbons (Fsp3) is 0.500. The molecule has 1 aromatic carbocycles. The molecule has 1 saturated carbocycles. The van der Waals surface area contributed by atoms with Crippen molar-refractivity contribution in [2.24, 2.45) is 5.92 Å². The molecule has 1 aliphatic rings. The van der Waals surface area contributed by atoms with Gasteiger partial charge < -0.3 is 5.32 Å². The Hall–Kier alpha value is -1.77. The monoisotopic (exact) mass is 283 g/mol. The first kappa shape index (κ1) is 14.2. The van der Waals surface area contributed by atoms with Gasteiger partial charge in [-0.05, 0) is 37.2 Å². The fourth-order valence-electron chi connectivity index (χ4n) is 3.25. The maximum absolute atomic E-state index is 4.46. The van der Waals surface area contributed by atoms with Crippen molar-refractivity contribution >= 4 is 5.69 Å². The van der Waals surface area contributed by atoms with Crippen LogP contribution in [0.3, 0.4) is 0 Å². The summed E-state index contributed by atoms with van der Waals surface area (Å²) in [5, 5.41) is 8.11. The Balaban J connectivity index is 1.53. The predicted octanol–water partition coefficient (Wildman–Crippen LogP) is 4.31. The standard InChI is InChI=1S/C18H25N3/c1-2-15-8-10-17(11-9-15)20-18-12-19-21(14-18)13-16-6-4-3-5-7-16/h3-7,12,14-15,17,20H,2,8-11,13H2,1H3. The molecular weight excluding hydrogens is 258 g/mol. The summed E-state index contributed by atoms with van der Waals surface area (Å²) in [6, 6.07) is 11.1. The van der Waals surface area contributed by atoms with Crippen LogP contribution in [0.4, 0.5) is 5.69 Å². The minimum atomic E-state index is 0.627. The van der Waals surface area contributed by atoms with E-state index in [1.807, 2.05) is 16.9 Å². The van der Waals surface area contributed by atoms with Crippen molar-refractivity contribution in [2.45, 2.75) is 51.6 Å². The van der Waals surface area contributed by atoms with E-state index in [1.54, 1.807) is 0 Å². The van der Waals surface area contributed by atoms with Gasteiger partial charge in [0.15, 0.2) is 0 Å². The van der Waals surface area contributed by atoms with Gasteiger partial charge in [0.1, 0.15) is 0 Å². The highest BCUT2D eigenvalue weighted by molar-refractivity contribution is 5.39. The van der Waals surface area contributed by atoms with Crippen LogP contribution in [0.15, 0.2) is 42.7 Å². The molecule has 1 N–H and O–H groups in total. The predicted molar refractivity (Wildman–Crippen MR) is 87.4 cm³/mol. The lowest BCUT2D eigenvalue weighted by Gasteiger charge is -2.28. The van der Waals surface area contributed by atoms with Crippen LogP contribution in [-0.4, -0.2) is 15.8 Å². The molecule has 0 radical (unpaired) electrons. The van der Waals surface area contributed by atoms with Crippen LogP contribution >= 0.6 is 0 Å². The number of hydrogen-bond donors (Lipinski definition) is 1. The van der Waals surface area contributed by atoms with Crippen LogP contribution < -0.4 is 5.32 Å². The van der Waals surface area contributed by atoms with Crippen LogP contribution in [0.1, 0.15) is 44.6 Å². The van der Waals surface area contributed by atoms with Gasteiger partial charge in [0.05, 0.1) is 18.4 Å².